The molecule has 0 N–H and O–H groups in total. The van der Waals surface area contributed by atoms with E-state index in [1.54, 1.807) is 0 Å². The smallest absolute Gasteiger partial charge is 0.482 e. The van der Waals surface area contributed by atoms with Gasteiger partial charge in [0.1, 0.15) is 25.1 Å². The minimum absolute atomic E-state index is 0.0929. The van der Waals surface area contributed by atoms with Crippen LogP contribution in [0, 0.1) is 17.8 Å². The zero-order chi connectivity index (χ0) is 33.1. The zero-order valence-electron chi connectivity index (χ0n) is 27.9. The third kappa shape index (κ3) is 9.17. The minimum atomic E-state index is -0.623. The number of benzene rings is 3. The molecule has 6 rings (SSSR count). The molecule has 1 aliphatic heterocycles. The van der Waals surface area contributed by atoms with Crippen LogP contribution in [-0.4, -0.2) is 43.8 Å². The highest BCUT2D eigenvalue weighted by Gasteiger charge is 2.47. The van der Waals surface area contributed by atoms with Crippen LogP contribution in [0.5, 0.6) is 5.75 Å². The number of hydrogen-bond acceptors (Lipinski definition) is 8. The molecule has 1 saturated heterocycles. The van der Waals surface area contributed by atoms with Crippen molar-refractivity contribution in [1.82, 2.24) is 0 Å². The van der Waals surface area contributed by atoms with Crippen molar-refractivity contribution in [2.75, 3.05) is 13.2 Å². The van der Waals surface area contributed by atoms with Crippen LogP contribution in [0.25, 0.3) is 0 Å². The summed E-state index contributed by atoms with van der Waals surface area (Å²) in [5, 5.41) is 0. The summed E-state index contributed by atoms with van der Waals surface area (Å²) in [6.07, 6.45) is 7.35. The maximum absolute atomic E-state index is 13.0. The van der Waals surface area contributed by atoms with Crippen molar-refractivity contribution < 1.29 is 38.0 Å². The molecule has 0 amide bonds. The van der Waals surface area contributed by atoms with Crippen molar-refractivity contribution in [2.24, 2.45) is 17.8 Å². The number of carbonyl (C=O) groups excluding carboxylic acids is 2. The molecular weight excluding hydrogens is 608 g/mol. The van der Waals surface area contributed by atoms with E-state index in [9.17, 15) is 9.59 Å². The summed E-state index contributed by atoms with van der Waals surface area (Å²) in [7, 11) is 0. The molecular formula is C40H48O8. The largest absolute Gasteiger partial charge is 0.508 e. The molecule has 48 heavy (non-hydrogen) atoms. The second-order valence-corrected chi connectivity index (χ2v) is 13.3. The first-order valence-electron chi connectivity index (χ1n) is 17.6. The Morgan fingerprint density at radius 1 is 0.875 bits per heavy atom. The predicted octanol–water partition coefficient (Wildman–Crippen LogP) is 7.98. The Balaban J connectivity index is 1.10. The summed E-state index contributed by atoms with van der Waals surface area (Å²) in [6.45, 7) is 3.16. The van der Waals surface area contributed by atoms with Crippen molar-refractivity contribution in [3.8, 4) is 5.75 Å². The lowest BCUT2D eigenvalue weighted by atomic mass is 9.73. The van der Waals surface area contributed by atoms with E-state index in [1.165, 1.54) is 5.56 Å². The Morgan fingerprint density at radius 3 is 2.33 bits per heavy atom. The quantitative estimate of drug-likeness (QED) is 0.161. The average molecular weight is 657 g/mol. The van der Waals surface area contributed by atoms with Crippen LogP contribution in [0.4, 0.5) is 4.79 Å². The normalized spacial score (nSPS) is 23.7. The van der Waals surface area contributed by atoms with E-state index in [1.807, 2.05) is 72.8 Å². The van der Waals surface area contributed by atoms with Gasteiger partial charge in [-0.3, -0.25) is 0 Å². The lowest BCUT2D eigenvalue weighted by molar-refractivity contribution is -0.190. The van der Waals surface area contributed by atoms with Gasteiger partial charge < -0.3 is 28.4 Å². The molecule has 0 aromatic heterocycles. The highest BCUT2D eigenvalue weighted by Crippen LogP contribution is 2.49. The van der Waals surface area contributed by atoms with Gasteiger partial charge in [0.15, 0.2) is 12.9 Å². The molecule has 2 aliphatic carbocycles. The predicted molar refractivity (Wildman–Crippen MR) is 180 cm³/mol. The third-order valence-electron chi connectivity index (χ3n) is 10.1. The Morgan fingerprint density at radius 2 is 1.62 bits per heavy atom. The van der Waals surface area contributed by atoms with E-state index in [-0.39, 0.29) is 44.2 Å². The molecule has 256 valence electrons. The molecule has 0 spiro atoms. The monoisotopic (exact) mass is 656 g/mol. The molecule has 8 heteroatoms. The average Bonchev–Trinajstić information content (AvgIpc) is 3.46. The highest BCUT2D eigenvalue weighted by atomic mass is 16.7. The van der Waals surface area contributed by atoms with Crippen LogP contribution < -0.4 is 4.74 Å². The van der Waals surface area contributed by atoms with Crippen LogP contribution >= 0.6 is 0 Å². The first-order chi connectivity index (χ1) is 23.6. The standard InChI is InChI=1S/C40H48O8/c1-2-32(47-39-18-9-10-21-43-39)19-20-33-34-22-30-16-11-17-36(44-27-38(41)45-25-28-12-5-3-6-13-28)35(30)23-31(34)24-37(33)48-40(42)46-26-29-14-7-4-8-15-29/h3-8,11-17,31-34,37,39H,2,9-10,18-27H2,1H3/t31-,32-,33+,34-,37+,39?/m0/s1. The van der Waals surface area contributed by atoms with Crippen molar-refractivity contribution in [2.45, 2.75) is 96.4 Å². The fourth-order valence-corrected chi connectivity index (χ4v) is 7.62. The topological polar surface area (TPSA) is 89.5 Å². The Hall–Kier alpha value is -3.88. The highest BCUT2D eigenvalue weighted by molar-refractivity contribution is 5.71. The lowest BCUT2D eigenvalue weighted by Crippen LogP contribution is -2.31. The number of fused-ring (bicyclic) bond motifs is 2. The van der Waals surface area contributed by atoms with E-state index in [0.717, 1.165) is 86.8 Å². The van der Waals surface area contributed by atoms with E-state index >= 15 is 0 Å². The molecule has 3 aromatic carbocycles. The molecule has 0 bridgehead atoms. The van der Waals surface area contributed by atoms with E-state index in [2.05, 4.69) is 13.0 Å². The molecule has 1 unspecified atom stereocenters. The third-order valence-corrected chi connectivity index (χ3v) is 10.1. The van der Waals surface area contributed by atoms with Gasteiger partial charge in [0.25, 0.3) is 0 Å². The van der Waals surface area contributed by atoms with Crippen molar-refractivity contribution in [3.63, 3.8) is 0 Å². The minimum Gasteiger partial charge on any atom is -0.482 e. The summed E-state index contributed by atoms with van der Waals surface area (Å²) in [5.74, 6) is 1.15. The van der Waals surface area contributed by atoms with Gasteiger partial charge in [-0.15, -0.1) is 0 Å². The first-order valence-corrected chi connectivity index (χ1v) is 17.6. The fourth-order valence-electron chi connectivity index (χ4n) is 7.62. The SMILES string of the molecule is CC[C@@H](CC[C@@H]1[C@H]2Cc3cccc(OCC(=O)OCc4ccccc4)c3C[C@H]2C[C@H]1OC(=O)OCc1ccccc1)OC1CCCCO1. The van der Waals surface area contributed by atoms with Crippen molar-refractivity contribution in [1.29, 1.82) is 0 Å². The molecule has 1 heterocycles. The Kier molecular flexibility index (Phi) is 12.0. The van der Waals surface area contributed by atoms with Gasteiger partial charge in [-0.25, -0.2) is 9.59 Å². The maximum Gasteiger partial charge on any atom is 0.508 e. The van der Waals surface area contributed by atoms with Crippen LogP contribution in [-0.2, 0) is 54.5 Å². The molecule has 8 nitrogen and oxygen atoms in total. The molecule has 6 atom stereocenters. The van der Waals surface area contributed by atoms with Gasteiger partial charge in [0.05, 0.1) is 6.10 Å². The van der Waals surface area contributed by atoms with Gasteiger partial charge >= 0.3 is 12.1 Å². The summed E-state index contributed by atoms with van der Waals surface area (Å²) in [6, 6.07) is 25.4. The molecule has 2 fully saturated rings. The maximum atomic E-state index is 13.0. The van der Waals surface area contributed by atoms with Gasteiger partial charge in [0, 0.05) is 6.61 Å². The number of esters is 1. The second-order valence-electron chi connectivity index (χ2n) is 13.3. The Labute approximate surface area is 284 Å². The fraction of sp³-hybridized carbons (Fsp3) is 0.500. The van der Waals surface area contributed by atoms with Crippen LogP contribution in [0.3, 0.4) is 0 Å². The number of ether oxygens (including phenoxy) is 6. The molecule has 0 radical (unpaired) electrons. The summed E-state index contributed by atoms with van der Waals surface area (Å²) in [5.41, 5.74) is 4.21. The zero-order valence-corrected chi connectivity index (χ0v) is 27.9. The van der Waals surface area contributed by atoms with Gasteiger partial charge in [-0.2, -0.15) is 0 Å². The van der Waals surface area contributed by atoms with Crippen LogP contribution in [0.1, 0.15) is 74.1 Å². The Bertz CT molecular complexity index is 1450. The van der Waals surface area contributed by atoms with E-state index < -0.39 is 12.1 Å². The molecule has 3 aliphatic rings. The summed E-state index contributed by atoms with van der Waals surface area (Å²) >= 11 is 0. The second kappa shape index (κ2) is 17.0. The first kappa shape index (κ1) is 34.0. The number of hydrogen-bond donors (Lipinski definition) is 0. The summed E-state index contributed by atoms with van der Waals surface area (Å²) < 4.78 is 35.4. The van der Waals surface area contributed by atoms with Crippen molar-refractivity contribution >= 4 is 12.1 Å². The van der Waals surface area contributed by atoms with Crippen molar-refractivity contribution in [3.05, 3.63) is 101 Å². The lowest BCUT2D eigenvalue weighted by Gasteiger charge is -2.33. The van der Waals surface area contributed by atoms with Crippen LogP contribution in [0.2, 0.25) is 0 Å². The van der Waals surface area contributed by atoms with E-state index in [0.29, 0.717) is 11.8 Å². The number of carbonyl (C=O) groups is 2. The molecule has 3 aromatic rings. The van der Waals surface area contributed by atoms with Crippen LogP contribution in [0.15, 0.2) is 78.9 Å². The number of rotatable bonds is 14. The van der Waals surface area contributed by atoms with Gasteiger partial charge in [0.2, 0.25) is 0 Å². The van der Waals surface area contributed by atoms with E-state index in [4.69, 9.17) is 28.4 Å². The van der Waals surface area contributed by atoms with Gasteiger partial charge in [-0.05, 0) is 104 Å². The van der Waals surface area contributed by atoms with Gasteiger partial charge in [-0.1, -0.05) is 79.7 Å². The summed E-state index contributed by atoms with van der Waals surface area (Å²) in [4.78, 5) is 25.5. The molecule has 1 saturated carbocycles.